The molecule has 0 saturated carbocycles. The molecule has 124 valence electrons. The first kappa shape index (κ1) is 17.3. The summed E-state index contributed by atoms with van der Waals surface area (Å²) >= 11 is 0. The number of alkyl halides is 3. The summed E-state index contributed by atoms with van der Waals surface area (Å²) in [6.07, 6.45) is -3.16. The average molecular weight is 334 g/mol. The maximum absolute atomic E-state index is 12.8. The van der Waals surface area contributed by atoms with Gasteiger partial charge >= 0.3 is 12.1 Å². The second-order valence-corrected chi connectivity index (χ2v) is 5.22. The van der Waals surface area contributed by atoms with Gasteiger partial charge in [-0.25, -0.2) is 4.79 Å². The van der Waals surface area contributed by atoms with Gasteiger partial charge in [0.2, 0.25) is 0 Å². The summed E-state index contributed by atoms with van der Waals surface area (Å²) < 4.78 is 38.4. The summed E-state index contributed by atoms with van der Waals surface area (Å²) in [6.45, 7) is 3.14. The number of halogens is 3. The largest absolute Gasteiger partial charge is 0.478 e. The molecule has 0 fully saturated rings. The molecule has 0 saturated heterocycles. The van der Waals surface area contributed by atoms with E-state index in [1.807, 2.05) is 6.07 Å². The Morgan fingerprint density at radius 2 is 2.00 bits per heavy atom. The van der Waals surface area contributed by atoms with E-state index in [1.54, 1.807) is 13.8 Å². The number of nitrogens with zero attached hydrogens (tertiary/aromatic N) is 1. The minimum absolute atomic E-state index is 0.00221. The highest BCUT2D eigenvalue weighted by atomic mass is 19.4. The summed E-state index contributed by atoms with van der Waals surface area (Å²) in [7, 11) is 0. The number of benzene rings is 1. The molecule has 0 bridgehead atoms. The van der Waals surface area contributed by atoms with Gasteiger partial charge in [0, 0.05) is 11.4 Å². The van der Waals surface area contributed by atoms with Gasteiger partial charge in [-0.3, -0.25) is 0 Å². The van der Waals surface area contributed by atoms with Crippen molar-refractivity contribution >= 4 is 17.6 Å². The fraction of sp³-hybridized carbons (Fsp3) is 0.176. The topological polar surface area (TPSA) is 76.9 Å². The van der Waals surface area contributed by atoms with Crippen molar-refractivity contribution in [1.29, 1.82) is 5.26 Å². The normalized spacial score (nSPS) is 12.1. The van der Waals surface area contributed by atoms with Crippen LogP contribution in [-0.2, 0) is 6.18 Å². The van der Waals surface area contributed by atoms with E-state index >= 15 is 0 Å². The third-order valence-corrected chi connectivity index (χ3v) is 3.60. The van der Waals surface area contributed by atoms with E-state index in [0.717, 1.165) is 12.1 Å². The molecule has 0 atom stereocenters. The molecule has 0 unspecified atom stereocenters. The average Bonchev–Trinajstić information content (AvgIpc) is 2.78. The van der Waals surface area contributed by atoms with Crippen LogP contribution in [0.4, 0.5) is 13.2 Å². The Bertz CT molecular complexity index is 871. The van der Waals surface area contributed by atoms with Crippen LogP contribution in [0.5, 0.6) is 0 Å². The van der Waals surface area contributed by atoms with Crippen LogP contribution >= 0.6 is 0 Å². The van der Waals surface area contributed by atoms with E-state index in [-0.39, 0.29) is 16.7 Å². The fourth-order valence-electron chi connectivity index (χ4n) is 2.43. The summed E-state index contributed by atoms with van der Waals surface area (Å²) in [5, 5.41) is 18.4. The number of H-pyrrole nitrogens is 1. The van der Waals surface area contributed by atoms with Crippen LogP contribution < -0.4 is 0 Å². The number of carboxylic acid groups (broad SMARTS) is 1. The number of aromatic carboxylic acids is 1. The van der Waals surface area contributed by atoms with Crippen LogP contribution in [0.2, 0.25) is 0 Å². The molecule has 2 aromatic rings. The molecular weight excluding hydrogens is 321 g/mol. The van der Waals surface area contributed by atoms with Gasteiger partial charge in [-0.15, -0.1) is 0 Å². The molecule has 0 spiro atoms. The van der Waals surface area contributed by atoms with Crippen LogP contribution in [0, 0.1) is 25.2 Å². The first-order valence-corrected chi connectivity index (χ1v) is 6.87. The predicted molar refractivity (Wildman–Crippen MR) is 82.2 cm³/mol. The lowest BCUT2D eigenvalue weighted by atomic mass is 10.0. The van der Waals surface area contributed by atoms with Gasteiger partial charge in [-0.1, -0.05) is 12.1 Å². The van der Waals surface area contributed by atoms with Gasteiger partial charge in [0.25, 0.3) is 0 Å². The van der Waals surface area contributed by atoms with Gasteiger partial charge in [0.15, 0.2) is 0 Å². The lowest BCUT2D eigenvalue weighted by molar-refractivity contribution is -0.137. The van der Waals surface area contributed by atoms with Crippen LogP contribution in [0.25, 0.3) is 11.6 Å². The van der Waals surface area contributed by atoms with E-state index in [9.17, 15) is 23.2 Å². The molecule has 1 heterocycles. The van der Waals surface area contributed by atoms with Gasteiger partial charge in [-0.05, 0) is 43.2 Å². The second-order valence-electron chi connectivity index (χ2n) is 5.22. The van der Waals surface area contributed by atoms with Crippen molar-refractivity contribution in [2.24, 2.45) is 0 Å². The van der Waals surface area contributed by atoms with E-state index in [1.165, 1.54) is 18.2 Å². The van der Waals surface area contributed by atoms with Crippen molar-refractivity contribution in [3.63, 3.8) is 0 Å². The lowest BCUT2D eigenvalue weighted by Crippen LogP contribution is -2.04. The first-order chi connectivity index (χ1) is 11.1. The Kier molecular flexibility index (Phi) is 4.51. The number of aryl methyl sites for hydroxylation is 1. The molecule has 1 aromatic carbocycles. The smallest absolute Gasteiger partial charge is 0.416 e. The quantitative estimate of drug-likeness (QED) is 0.816. The Labute approximate surface area is 135 Å². The monoisotopic (exact) mass is 334 g/mol. The summed E-state index contributed by atoms with van der Waals surface area (Å²) in [5.41, 5.74) is 0.541. The van der Waals surface area contributed by atoms with Gasteiger partial charge < -0.3 is 10.1 Å². The number of nitrogens with one attached hydrogen (secondary N) is 1. The summed E-state index contributed by atoms with van der Waals surface area (Å²) in [5.74, 6) is -1.11. The van der Waals surface area contributed by atoms with Gasteiger partial charge in [0.1, 0.15) is 0 Å². The molecular formula is C17H13F3N2O2. The van der Waals surface area contributed by atoms with Crippen molar-refractivity contribution in [3.05, 3.63) is 57.9 Å². The standard InChI is InChI=1S/C17H13F3N2O2/c1-9-14(22-10(2)15(9)16(23)24)7-12(8-21)11-4-3-5-13(6-11)17(18,19)20/h3-7,22H,1-2H3,(H,23,24)/b12-7+. The molecule has 1 aromatic heterocycles. The van der Waals surface area contributed by atoms with Gasteiger partial charge in [0.05, 0.1) is 22.8 Å². The number of carbonyl (C=O) groups is 1. The number of allylic oxidation sites excluding steroid dienone is 1. The maximum Gasteiger partial charge on any atom is 0.416 e. The van der Waals surface area contributed by atoms with Crippen LogP contribution in [0.3, 0.4) is 0 Å². The Morgan fingerprint density at radius 3 is 2.50 bits per heavy atom. The van der Waals surface area contributed by atoms with Crippen LogP contribution in [-0.4, -0.2) is 16.1 Å². The Balaban J connectivity index is 2.55. The molecule has 24 heavy (non-hydrogen) atoms. The maximum atomic E-state index is 12.8. The molecule has 0 aliphatic carbocycles. The second kappa shape index (κ2) is 6.24. The SMILES string of the molecule is Cc1[nH]c(/C=C(\C#N)c2cccc(C(F)(F)F)c2)c(C)c1C(=O)O. The van der Waals surface area contributed by atoms with Crippen molar-refractivity contribution in [1.82, 2.24) is 4.98 Å². The first-order valence-electron chi connectivity index (χ1n) is 6.87. The fourth-order valence-corrected chi connectivity index (χ4v) is 2.43. The van der Waals surface area contributed by atoms with Crippen LogP contribution in [0.15, 0.2) is 24.3 Å². The molecule has 0 amide bonds. The number of hydrogen-bond acceptors (Lipinski definition) is 2. The molecule has 0 aliphatic heterocycles. The molecule has 7 heteroatoms. The minimum atomic E-state index is -4.51. The third-order valence-electron chi connectivity index (χ3n) is 3.60. The molecule has 2 rings (SSSR count). The van der Waals surface area contributed by atoms with Crippen LogP contribution in [0.1, 0.15) is 38.4 Å². The summed E-state index contributed by atoms with van der Waals surface area (Å²) in [4.78, 5) is 14.0. The third kappa shape index (κ3) is 3.33. The minimum Gasteiger partial charge on any atom is -0.478 e. The van der Waals surface area contributed by atoms with E-state index in [2.05, 4.69) is 4.98 Å². The van der Waals surface area contributed by atoms with Crippen molar-refractivity contribution in [2.45, 2.75) is 20.0 Å². The number of aromatic amines is 1. The van der Waals surface area contributed by atoms with Crippen molar-refractivity contribution in [2.75, 3.05) is 0 Å². The van der Waals surface area contributed by atoms with Crippen molar-refractivity contribution in [3.8, 4) is 6.07 Å². The molecule has 2 N–H and O–H groups in total. The number of carboxylic acids is 1. The number of nitriles is 1. The van der Waals surface area contributed by atoms with Crippen molar-refractivity contribution < 1.29 is 23.1 Å². The highest BCUT2D eigenvalue weighted by Gasteiger charge is 2.30. The van der Waals surface area contributed by atoms with E-state index in [4.69, 9.17) is 5.11 Å². The van der Waals surface area contributed by atoms with E-state index in [0.29, 0.717) is 17.0 Å². The highest BCUT2D eigenvalue weighted by molar-refractivity contribution is 5.95. The molecule has 0 aliphatic rings. The zero-order chi connectivity index (χ0) is 18.1. The van der Waals surface area contributed by atoms with Gasteiger partial charge in [-0.2, -0.15) is 18.4 Å². The lowest BCUT2D eigenvalue weighted by Gasteiger charge is -2.08. The molecule has 0 radical (unpaired) electrons. The Hall–Kier alpha value is -3.01. The highest BCUT2D eigenvalue weighted by Crippen LogP contribution is 2.31. The molecule has 4 nitrogen and oxygen atoms in total. The number of aromatic nitrogens is 1. The zero-order valence-corrected chi connectivity index (χ0v) is 12.8. The Morgan fingerprint density at radius 1 is 1.33 bits per heavy atom. The van der Waals surface area contributed by atoms with E-state index < -0.39 is 17.7 Å². The number of hydrogen-bond donors (Lipinski definition) is 2. The predicted octanol–water partition coefficient (Wildman–Crippen LogP) is 4.41. The zero-order valence-electron chi connectivity index (χ0n) is 12.8. The summed E-state index contributed by atoms with van der Waals surface area (Å²) in [6, 6.07) is 6.28. The number of rotatable bonds is 3.